The Bertz CT molecular complexity index is 546. The van der Waals surface area contributed by atoms with Crippen LogP contribution in [0.5, 0.6) is 0 Å². The van der Waals surface area contributed by atoms with E-state index in [0.717, 1.165) is 5.76 Å². The highest BCUT2D eigenvalue weighted by Gasteiger charge is 2.19. The van der Waals surface area contributed by atoms with E-state index < -0.39 is 5.97 Å². The smallest absolute Gasteiger partial charge is 0.377 e. The summed E-state index contributed by atoms with van der Waals surface area (Å²) in [5.41, 5.74) is 5.70. The quantitative estimate of drug-likeness (QED) is 0.794. The number of rotatable bonds is 4. The van der Waals surface area contributed by atoms with Gasteiger partial charge in [0.05, 0.1) is 7.11 Å². The van der Waals surface area contributed by atoms with Gasteiger partial charge in [0.1, 0.15) is 23.9 Å². The Morgan fingerprint density at radius 3 is 2.94 bits per heavy atom. The molecule has 0 fully saturated rings. The Balaban J connectivity index is 2.28. The minimum absolute atomic E-state index is 0.000715. The normalized spacial score (nSPS) is 12.4. The van der Waals surface area contributed by atoms with E-state index in [9.17, 15) is 4.79 Å². The summed E-state index contributed by atoms with van der Waals surface area (Å²) in [6.45, 7) is 2.13. The highest BCUT2D eigenvalue weighted by Crippen LogP contribution is 2.18. The molecule has 0 aliphatic rings. The van der Waals surface area contributed by atoms with E-state index in [1.807, 2.05) is 19.1 Å². The number of aromatic nitrogens is 3. The summed E-state index contributed by atoms with van der Waals surface area (Å²) >= 11 is 0. The largest absolute Gasteiger partial charge is 0.464 e. The molecule has 0 aliphatic carbocycles. The van der Waals surface area contributed by atoms with Gasteiger partial charge in [-0.1, -0.05) is 0 Å². The van der Waals surface area contributed by atoms with Crippen LogP contribution in [0, 0.1) is 6.92 Å². The van der Waals surface area contributed by atoms with Crippen molar-refractivity contribution in [2.75, 3.05) is 13.7 Å². The molecule has 1 unspecified atom stereocenters. The third kappa shape index (κ3) is 2.25. The van der Waals surface area contributed by atoms with E-state index in [2.05, 4.69) is 14.8 Å². The molecule has 7 heteroatoms. The van der Waals surface area contributed by atoms with E-state index >= 15 is 0 Å². The van der Waals surface area contributed by atoms with Gasteiger partial charge in [0.2, 0.25) is 0 Å². The molecule has 2 aromatic rings. The number of carbonyl (C=O) groups excluding carboxylic acids is 1. The number of nitrogens with zero attached hydrogens (tertiary/aromatic N) is 3. The van der Waals surface area contributed by atoms with Crippen molar-refractivity contribution >= 4 is 5.97 Å². The number of esters is 1. The first-order valence-corrected chi connectivity index (χ1v) is 5.41. The van der Waals surface area contributed by atoms with Gasteiger partial charge in [0, 0.05) is 6.54 Å². The molecule has 0 aromatic carbocycles. The van der Waals surface area contributed by atoms with Gasteiger partial charge in [-0.05, 0) is 19.1 Å². The Morgan fingerprint density at radius 1 is 1.61 bits per heavy atom. The molecule has 0 bridgehead atoms. The second-order valence-corrected chi connectivity index (χ2v) is 3.74. The van der Waals surface area contributed by atoms with Gasteiger partial charge in [-0.2, -0.15) is 0 Å². The maximum Gasteiger partial charge on any atom is 0.377 e. The number of furan rings is 1. The molecule has 0 saturated heterocycles. The highest BCUT2D eigenvalue weighted by atomic mass is 16.5. The lowest BCUT2D eigenvalue weighted by atomic mass is 10.2. The molecule has 2 aromatic heterocycles. The van der Waals surface area contributed by atoms with Crippen LogP contribution >= 0.6 is 0 Å². The lowest BCUT2D eigenvalue weighted by molar-refractivity contribution is 0.0586. The molecule has 0 spiro atoms. The van der Waals surface area contributed by atoms with Gasteiger partial charge in [0.25, 0.3) is 5.82 Å². The molecular weight excluding hydrogens is 236 g/mol. The molecule has 7 nitrogen and oxygen atoms in total. The third-order valence-corrected chi connectivity index (χ3v) is 2.51. The van der Waals surface area contributed by atoms with Gasteiger partial charge in [-0.25, -0.2) is 14.5 Å². The Morgan fingerprint density at radius 2 is 2.39 bits per heavy atom. The highest BCUT2D eigenvalue weighted by molar-refractivity contribution is 5.84. The van der Waals surface area contributed by atoms with Crippen molar-refractivity contribution in [3.8, 4) is 0 Å². The van der Waals surface area contributed by atoms with Gasteiger partial charge in [0.15, 0.2) is 0 Å². The van der Waals surface area contributed by atoms with Crippen LogP contribution in [-0.4, -0.2) is 34.4 Å². The maximum atomic E-state index is 11.3. The van der Waals surface area contributed by atoms with Crippen LogP contribution in [0.2, 0.25) is 0 Å². The zero-order valence-corrected chi connectivity index (χ0v) is 10.2. The number of hydrogen-bond donors (Lipinski definition) is 1. The van der Waals surface area contributed by atoms with E-state index in [4.69, 9.17) is 10.2 Å². The van der Waals surface area contributed by atoms with Crippen LogP contribution in [0.25, 0.3) is 0 Å². The fraction of sp³-hybridized carbons (Fsp3) is 0.364. The topological polar surface area (TPSA) is 96.2 Å². The van der Waals surface area contributed by atoms with E-state index in [-0.39, 0.29) is 18.4 Å². The summed E-state index contributed by atoms with van der Waals surface area (Å²) in [5.74, 6) is 0.882. The second kappa shape index (κ2) is 5.01. The number of aryl methyl sites for hydroxylation is 1. The first-order valence-electron chi connectivity index (χ1n) is 5.41. The van der Waals surface area contributed by atoms with Crippen molar-refractivity contribution < 1.29 is 13.9 Å². The standard InChI is InChI=1S/C11H14N4O3/c1-7-3-4-9(18-7)8(5-12)15-6-13-10(14-15)11(16)17-2/h3-4,6,8H,5,12H2,1-2H3. The lowest BCUT2D eigenvalue weighted by Gasteiger charge is -2.11. The average Bonchev–Trinajstić information content (AvgIpc) is 2.99. The van der Waals surface area contributed by atoms with Crippen LogP contribution in [-0.2, 0) is 4.74 Å². The molecule has 18 heavy (non-hydrogen) atoms. The van der Waals surface area contributed by atoms with Crippen LogP contribution < -0.4 is 5.73 Å². The predicted octanol–water partition coefficient (Wildman–Crippen LogP) is 0.514. The summed E-state index contributed by atoms with van der Waals surface area (Å²) in [4.78, 5) is 15.1. The predicted molar refractivity (Wildman–Crippen MR) is 62.0 cm³/mol. The molecule has 2 rings (SSSR count). The average molecular weight is 250 g/mol. The van der Waals surface area contributed by atoms with E-state index in [0.29, 0.717) is 5.76 Å². The molecule has 2 heterocycles. The van der Waals surface area contributed by atoms with Gasteiger partial charge >= 0.3 is 5.97 Å². The van der Waals surface area contributed by atoms with E-state index in [1.54, 1.807) is 0 Å². The Kier molecular flexibility index (Phi) is 3.42. The molecule has 0 amide bonds. The molecule has 0 saturated carbocycles. The van der Waals surface area contributed by atoms with E-state index in [1.165, 1.54) is 18.1 Å². The Labute approximate surface area is 104 Å². The number of carbonyl (C=O) groups is 1. The molecule has 0 aliphatic heterocycles. The minimum Gasteiger partial charge on any atom is -0.464 e. The van der Waals surface area contributed by atoms with Crippen LogP contribution in [0.3, 0.4) is 0 Å². The fourth-order valence-corrected chi connectivity index (χ4v) is 1.60. The summed E-state index contributed by atoms with van der Waals surface area (Å²) < 4.78 is 11.5. The number of ether oxygens (including phenoxy) is 1. The third-order valence-electron chi connectivity index (χ3n) is 2.51. The van der Waals surface area contributed by atoms with Crippen molar-refractivity contribution in [3.05, 3.63) is 35.8 Å². The van der Waals surface area contributed by atoms with Crippen LogP contribution in [0.15, 0.2) is 22.9 Å². The number of hydrogen-bond acceptors (Lipinski definition) is 6. The first-order chi connectivity index (χ1) is 8.65. The molecule has 96 valence electrons. The SMILES string of the molecule is COC(=O)c1ncn(C(CN)c2ccc(C)o2)n1. The summed E-state index contributed by atoms with van der Waals surface area (Å²) in [7, 11) is 1.28. The number of methoxy groups -OCH3 is 1. The molecular formula is C11H14N4O3. The minimum atomic E-state index is -0.583. The second-order valence-electron chi connectivity index (χ2n) is 3.74. The van der Waals surface area contributed by atoms with Crippen molar-refractivity contribution in [1.82, 2.24) is 14.8 Å². The molecule has 0 radical (unpaired) electrons. The van der Waals surface area contributed by atoms with Gasteiger partial charge < -0.3 is 14.9 Å². The molecule has 2 N–H and O–H groups in total. The zero-order chi connectivity index (χ0) is 13.1. The lowest BCUT2D eigenvalue weighted by Crippen LogP contribution is -2.21. The maximum absolute atomic E-state index is 11.3. The number of nitrogens with two attached hydrogens (primary N) is 1. The van der Waals surface area contributed by atoms with Crippen LogP contribution in [0.1, 0.15) is 28.2 Å². The zero-order valence-electron chi connectivity index (χ0n) is 10.2. The molecule has 1 atom stereocenters. The van der Waals surface area contributed by atoms with Gasteiger partial charge in [-0.15, -0.1) is 5.10 Å². The summed E-state index contributed by atoms with van der Waals surface area (Å²) in [5, 5.41) is 4.03. The van der Waals surface area contributed by atoms with Crippen molar-refractivity contribution in [3.63, 3.8) is 0 Å². The summed E-state index contributed by atoms with van der Waals surface area (Å²) in [6, 6.07) is 3.38. The monoisotopic (exact) mass is 250 g/mol. The van der Waals surface area contributed by atoms with Crippen molar-refractivity contribution in [1.29, 1.82) is 0 Å². The van der Waals surface area contributed by atoms with Crippen molar-refractivity contribution in [2.24, 2.45) is 5.73 Å². The first kappa shape index (κ1) is 12.3. The fourth-order valence-electron chi connectivity index (χ4n) is 1.60. The van der Waals surface area contributed by atoms with Crippen molar-refractivity contribution in [2.45, 2.75) is 13.0 Å². The van der Waals surface area contributed by atoms with Crippen LogP contribution in [0.4, 0.5) is 0 Å². The van der Waals surface area contributed by atoms with Gasteiger partial charge in [-0.3, -0.25) is 0 Å². The Hall–Kier alpha value is -2.15. The summed E-state index contributed by atoms with van der Waals surface area (Å²) in [6.07, 6.45) is 1.43.